The zero-order valence-electron chi connectivity index (χ0n) is 35.1. The molecule has 4 rings (SSSR count). The number of Topliss-reactive ketones (excluding diaryl/α,β-unsaturated/α-hetero) is 1. The first kappa shape index (κ1) is 44.8. The average molecular weight is 782 g/mol. The van der Waals surface area contributed by atoms with Crippen LogP contribution < -0.4 is 0 Å². The Hall–Kier alpha value is -3.88. The zero-order valence-corrected chi connectivity index (χ0v) is 35.1. The number of hydrogen-bond acceptors (Lipinski definition) is 12. The van der Waals surface area contributed by atoms with Crippen LogP contribution in [0.3, 0.4) is 0 Å². The molecule has 310 valence electrons. The lowest BCUT2D eigenvalue weighted by Crippen LogP contribution is -2.60. The highest BCUT2D eigenvalue weighted by Gasteiger charge is 2.52. The van der Waals surface area contributed by atoms with Crippen molar-refractivity contribution in [2.75, 3.05) is 55.0 Å². The molecule has 2 fully saturated rings. The van der Waals surface area contributed by atoms with Gasteiger partial charge in [-0.1, -0.05) is 62.4 Å². The Morgan fingerprint density at radius 3 is 2.18 bits per heavy atom. The van der Waals surface area contributed by atoms with Gasteiger partial charge in [0, 0.05) is 33.2 Å². The number of ether oxygens (including phenoxy) is 6. The van der Waals surface area contributed by atoms with Crippen LogP contribution in [0, 0.1) is 17.3 Å². The van der Waals surface area contributed by atoms with Crippen LogP contribution in [0.1, 0.15) is 70.3 Å². The quantitative estimate of drug-likeness (QED) is 0.173. The molecule has 0 bridgehead atoms. The second kappa shape index (κ2) is 19.5. The van der Waals surface area contributed by atoms with Crippen LogP contribution in [0.25, 0.3) is 0 Å². The Balaban J connectivity index is 1.64. The lowest BCUT2D eigenvalue weighted by molar-refractivity contribution is -0.295. The highest BCUT2D eigenvalue weighted by Crippen LogP contribution is 2.39. The van der Waals surface area contributed by atoms with E-state index in [0.29, 0.717) is 24.9 Å². The van der Waals surface area contributed by atoms with Gasteiger partial charge in [-0.3, -0.25) is 14.5 Å². The smallest absolute Gasteiger partial charge is 0.409 e. The van der Waals surface area contributed by atoms with E-state index in [2.05, 4.69) is 6.92 Å². The minimum atomic E-state index is -1.58. The molecule has 0 aliphatic carbocycles. The van der Waals surface area contributed by atoms with Gasteiger partial charge in [-0.2, -0.15) is 0 Å². The van der Waals surface area contributed by atoms with Crippen LogP contribution in [0.15, 0.2) is 60.7 Å². The number of esters is 2. The summed E-state index contributed by atoms with van der Waals surface area (Å²) >= 11 is 0. The fourth-order valence-electron chi connectivity index (χ4n) is 7.88. The van der Waals surface area contributed by atoms with Crippen molar-refractivity contribution in [1.29, 1.82) is 0 Å². The number of amides is 1. The van der Waals surface area contributed by atoms with E-state index in [9.17, 15) is 19.2 Å². The zero-order chi connectivity index (χ0) is 41.4. The van der Waals surface area contributed by atoms with Crippen molar-refractivity contribution in [3.63, 3.8) is 0 Å². The molecule has 0 aromatic heterocycles. The van der Waals surface area contributed by atoms with Crippen LogP contribution in [0.2, 0.25) is 0 Å². The van der Waals surface area contributed by atoms with Crippen molar-refractivity contribution in [3.8, 4) is 0 Å². The highest BCUT2D eigenvalue weighted by molar-refractivity contribution is 6.04. The number of methoxy groups -OCH3 is 1. The Morgan fingerprint density at radius 1 is 0.946 bits per heavy atom. The molecule has 1 amide bonds. The molecule has 0 unspecified atom stereocenters. The van der Waals surface area contributed by atoms with E-state index in [-0.39, 0.29) is 37.8 Å². The van der Waals surface area contributed by atoms with Gasteiger partial charge in [0.05, 0.1) is 35.5 Å². The Bertz CT molecular complexity index is 1610. The number of benzene rings is 2. The van der Waals surface area contributed by atoms with E-state index in [4.69, 9.17) is 28.4 Å². The van der Waals surface area contributed by atoms with E-state index in [0.717, 1.165) is 5.56 Å². The standard InChI is InChI=1S/C43H63N3O10/c1-28-23-43(6,51-11)37(56-39-35(34(44(7)8)22-29(2)54-39)55-38(48)32-20-16-13-17-21-32)30(3)36(47)42(4,5)40(49)52-27-33(45(9)24-28)25-46(10)41(50)53-26-31-18-14-12-15-19-31/h12-21,28-30,33-35,37,39H,22-27H2,1-11H3/t28-,29-,30+,33+,34+,35-,37-,39+,43-/m1/s1. The largest absolute Gasteiger partial charge is 0.463 e. The summed E-state index contributed by atoms with van der Waals surface area (Å²) in [5.74, 6) is -2.54. The van der Waals surface area contributed by atoms with Gasteiger partial charge in [-0.05, 0) is 85.3 Å². The van der Waals surface area contributed by atoms with Crippen molar-refractivity contribution >= 4 is 23.8 Å². The van der Waals surface area contributed by atoms with Gasteiger partial charge in [0.2, 0.25) is 0 Å². The Kier molecular flexibility index (Phi) is 15.6. The minimum absolute atomic E-state index is 0.0342. The second-order valence-corrected chi connectivity index (χ2v) is 16.6. The molecular weight excluding hydrogens is 718 g/mol. The number of carbonyl (C=O) groups excluding carboxylic acids is 4. The number of nitrogens with zero attached hydrogens (tertiary/aromatic N) is 3. The fraction of sp³-hybridized carbons (Fsp3) is 0.628. The lowest BCUT2D eigenvalue weighted by Gasteiger charge is -2.47. The van der Waals surface area contributed by atoms with Crippen LogP contribution in [0.5, 0.6) is 0 Å². The van der Waals surface area contributed by atoms with Crippen LogP contribution >= 0.6 is 0 Å². The van der Waals surface area contributed by atoms with E-state index in [1.807, 2.05) is 81.2 Å². The summed E-state index contributed by atoms with van der Waals surface area (Å²) in [7, 11) is 8.97. The lowest BCUT2D eigenvalue weighted by atomic mass is 9.74. The molecule has 0 radical (unpaired) electrons. The first-order valence-corrected chi connectivity index (χ1v) is 19.5. The van der Waals surface area contributed by atoms with E-state index >= 15 is 0 Å². The predicted molar refractivity (Wildman–Crippen MR) is 211 cm³/mol. The van der Waals surface area contributed by atoms with E-state index in [1.165, 1.54) is 4.90 Å². The average Bonchev–Trinajstić information content (AvgIpc) is 3.17. The summed E-state index contributed by atoms with van der Waals surface area (Å²) in [5, 5.41) is 0. The fourth-order valence-corrected chi connectivity index (χ4v) is 7.88. The number of rotatable bonds is 10. The molecule has 2 saturated heterocycles. The number of hydrogen-bond donors (Lipinski definition) is 0. The highest BCUT2D eigenvalue weighted by atomic mass is 16.7. The molecule has 2 aliphatic rings. The van der Waals surface area contributed by atoms with Crippen molar-refractivity contribution in [1.82, 2.24) is 14.7 Å². The van der Waals surface area contributed by atoms with Gasteiger partial charge in [-0.15, -0.1) is 0 Å². The molecular formula is C43H63N3O10. The summed E-state index contributed by atoms with van der Waals surface area (Å²) in [5.41, 5.74) is -1.40. The molecule has 2 aromatic rings. The summed E-state index contributed by atoms with van der Waals surface area (Å²) in [6, 6.07) is 17.5. The van der Waals surface area contributed by atoms with Crippen molar-refractivity contribution in [2.24, 2.45) is 17.3 Å². The van der Waals surface area contributed by atoms with Gasteiger partial charge in [0.1, 0.15) is 18.6 Å². The SMILES string of the molecule is CO[C@]1(C)C[C@@H](C)CN(C)[C@@H](CN(C)C(=O)OCc2ccccc2)COC(=O)C(C)(C)C(=O)[C@H](C)[C@H]1O[C@@H]1O[C@H](C)C[C@H](N(C)C)[C@H]1OC(=O)c1ccccc1. The molecule has 0 N–H and O–H groups in total. The third-order valence-corrected chi connectivity index (χ3v) is 11.2. The maximum Gasteiger partial charge on any atom is 0.409 e. The third-order valence-electron chi connectivity index (χ3n) is 11.2. The Labute approximate surface area is 332 Å². The molecule has 56 heavy (non-hydrogen) atoms. The van der Waals surface area contributed by atoms with Gasteiger partial charge in [0.25, 0.3) is 0 Å². The van der Waals surface area contributed by atoms with E-state index in [1.54, 1.807) is 59.2 Å². The van der Waals surface area contributed by atoms with Crippen molar-refractivity contribution < 1.29 is 47.6 Å². The maximum absolute atomic E-state index is 14.5. The third kappa shape index (κ3) is 11.2. The molecule has 0 spiro atoms. The normalized spacial score (nSPS) is 30.6. The first-order chi connectivity index (χ1) is 26.4. The molecule has 13 nitrogen and oxygen atoms in total. The van der Waals surface area contributed by atoms with Crippen LogP contribution in [-0.2, 0) is 44.6 Å². The maximum atomic E-state index is 14.5. The van der Waals surface area contributed by atoms with Gasteiger partial charge in [-0.25, -0.2) is 9.59 Å². The number of cyclic esters (lactones) is 1. The summed E-state index contributed by atoms with van der Waals surface area (Å²) in [6.07, 6.45) is -2.63. The molecule has 13 heteroatoms. The minimum Gasteiger partial charge on any atom is -0.463 e. The second-order valence-electron chi connectivity index (χ2n) is 16.6. The summed E-state index contributed by atoms with van der Waals surface area (Å²) < 4.78 is 37.3. The van der Waals surface area contributed by atoms with Crippen molar-refractivity contribution in [2.45, 2.75) is 103 Å². The van der Waals surface area contributed by atoms with Crippen molar-refractivity contribution in [3.05, 3.63) is 71.8 Å². The number of carbonyl (C=O) groups is 4. The number of ketones is 1. The molecule has 0 saturated carbocycles. The first-order valence-electron chi connectivity index (χ1n) is 19.5. The van der Waals surface area contributed by atoms with Gasteiger partial charge in [0.15, 0.2) is 18.2 Å². The van der Waals surface area contributed by atoms with E-state index < -0.39 is 65.3 Å². The van der Waals surface area contributed by atoms with Gasteiger partial charge < -0.3 is 38.2 Å². The molecule has 9 atom stereocenters. The molecule has 2 heterocycles. The Morgan fingerprint density at radius 2 is 1.57 bits per heavy atom. The topological polar surface area (TPSA) is 133 Å². The molecule has 2 aromatic carbocycles. The van der Waals surface area contributed by atoms with Crippen LogP contribution in [-0.4, -0.2) is 136 Å². The van der Waals surface area contributed by atoms with Crippen LogP contribution in [0.4, 0.5) is 4.79 Å². The van der Waals surface area contributed by atoms with Gasteiger partial charge >= 0.3 is 18.0 Å². The summed E-state index contributed by atoms with van der Waals surface area (Å²) in [6.45, 7) is 11.5. The predicted octanol–water partition coefficient (Wildman–Crippen LogP) is 5.45. The monoisotopic (exact) mass is 781 g/mol. The molecule has 2 aliphatic heterocycles. The number of likely N-dealkylation sites (N-methyl/N-ethyl adjacent to an activating group) is 3. The summed E-state index contributed by atoms with van der Waals surface area (Å²) in [4.78, 5) is 60.4.